The number of aldehydes is 2. The highest BCUT2D eigenvalue weighted by Gasteiger charge is 2.56. The van der Waals surface area contributed by atoms with Crippen LogP contribution < -0.4 is 0 Å². The van der Waals surface area contributed by atoms with Gasteiger partial charge in [0, 0.05) is 10.8 Å². The average molecular weight is 314 g/mol. The zero-order valence-corrected chi connectivity index (χ0v) is 14.4. The van der Waals surface area contributed by atoms with Crippen molar-refractivity contribution >= 4 is 18.4 Å². The van der Waals surface area contributed by atoms with Gasteiger partial charge in [-0.1, -0.05) is 31.9 Å². The van der Waals surface area contributed by atoms with Crippen molar-refractivity contribution in [3.63, 3.8) is 0 Å². The van der Waals surface area contributed by atoms with Gasteiger partial charge in [0.1, 0.15) is 12.6 Å². The van der Waals surface area contributed by atoms with Gasteiger partial charge in [-0.25, -0.2) is 0 Å². The van der Waals surface area contributed by atoms with Crippen molar-refractivity contribution in [1.82, 2.24) is 0 Å². The number of hydrogen-bond donors (Lipinski definition) is 0. The zero-order valence-electron chi connectivity index (χ0n) is 14.4. The summed E-state index contributed by atoms with van der Waals surface area (Å²) in [5, 5.41) is 0. The van der Waals surface area contributed by atoms with Crippen LogP contribution in [-0.4, -0.2) is 18.4 Å². The van der Waals surface area contributed by atoms with E-state index in [-0.39, 0.29) is 17.1 Å². The van der Waals surface area contributed by atoms with E-state index in [0.717, 1.165) is 44.7 Å². The van der Waals surface area contributed by atoms with Crippen LogP contribution in [0.2, 0.25) is 0 Å². The largest absolute Gasteiger partial charge is 0.302 e. The van der Waals surface area contributed by atoms with Crippen LogP contribution in [0.25, 0.3) is 0 Å². The van der Waals surface area contributed by atoms with E-state index < -0.39 is 5.41 Å². The van der Waals surface area contributed by atoms with E-state index >= 15 is 0 Å². The molecule has 3 nitrogen and oxygen atoms in total. The highest BCUT2D eigenvalue weighted by Crippen LogP contribution is 2.61. The van der Waals surface area contributed by atoms with Gasteiger partial charge in [0.2, 0.25) is 0 Å². The maximum absolute atomic E-state index is 12.9. The summed E-state index contributed by atoms with van der Waals surface area (Å²) in [6.45, 7) is 6.41. The van der Waals surface area contributed by atoms with Gasteiger partial charge in [0.05, 0.1) is 0 Å². The number of allylic oxidation sites excluding steroid dienone is 4. The molecule has 0 amide bonds. The fourth-order valence-corrected chi connectivity index (χ4v) is 5.10. The molecule has 3 rings (SSSR count). The second-order valence-electron chi connectivity index (χ2n) is 8.08. The normalized spacial score (nSPS) is 37.1. The molecule has 0 aromatic heterocycles. The van der Waals surface area contributed by atoms with Gasteiger partial charge >= 0.3 is 0 Å². The van der Waals surface area contributed by atoms with Gasteiger partial charge in [-0.3, -0.25) is 9.59 Å². The van der Waals surface area contributed by atoms with Crippen molar-refractivity contribution in [2.45, 2.75) is 59.3 Å². The molecule has 0 aromatic carbocycles. The molecule has 0 aliphatic heterocycles. The maximum Gasteiger partial charge on any atom is 0.162 e. The molecule has 1 fully saturated rings. The fourth-order valence-electron chi connectivity index (χ4n) is 5.10. The molecule has 3 aliphatic carbocycles. The lowest BCUT2D eigenvalue weighted by Gasteiger charge is -2.47. The van der Waals surface area contributed by atoms with E-state index in [0.29, 0.717) is 17.9 Å². The van der Waals surface area contributed by atoms with Crippen LogP contribution in [-0.2, 0) is 14.4 Å². The van der Waals surface area contributed by atoms with Crippen LogP contribution in [0.1, 0.15) is 59.3 Å². The van der Waals surface area contributed by atoms with Crippen LogP contribution in [0.4, 0.5) is 0 Å². The Balaban J connectivity index is 2.14. The van der Waals surface area contributed by atoms with Crippen molar-refractivity contribution in [3.05, 3.63) is 22.8 Å². The van der Waals surface area contributed by atoms with Gasteiger partial charge in [-0.15, -0.1) is 0 Å². The Labute approximate surface area is 138 Å². The molecule has 124 valence electrons. The molecule has 0 heterocycles. The predicted octanol–water partition coefficient (Wildman–Crippen LogP) is 3.82. The highest BCUT2D eigenvalue weighted by atomic mass is 16.1. The summed E-state index contributed by atoms with van der Waals surface area (Å²) in [5.41, 5.74) is 2.43. The lowest BCUT2D eigenvalue weighted by atomic mass is 9.54. The Morgan fingerprint density at radius 3 is 2.52 bits per heavy atom. The molecule has 0 saturated heterocycles. The van der Waals surface area contributed by atoms with Gasteiger partial charge in [-0.2, -0.15) is 0 Å². The minimum Gasteiger partial charge on any atom is -0.302 e. The first-order valence-electron chi connectivity index (χ1n) is 8.78. The van der Waals surface area contributed by atoms with Gasteiger partial charge < -0.3 is 4.79 Å². The molecule has 0 unspecified atom stereocenters. The Morgan fingerprint density at radius 2 is 1.91 bits per heavy atom. The summed E-state index contributed by atoms with van der Waals surface area (Å²) in [7, 11) is 0. The number of rotatable bonds is 3. The van der Waals surface area contributed by atoms with Gasteiger partial charge in [0.25, 0.3) is 0 Å². The first-order valence-corrected chi connectivity index (χ1v) is 8.78. The molecule has 0 spiro atoms. The van der Waals surface area contributed by atoms with E-state index in [4.69, 9.17) is 0 Å². The van der Waals surface area contributed by atoms with Gasteiger partial charge in [-0.05, 0) is 62.0 Å². The van der Waals surface area contributed by atoms with Crippen molar-refractivity contribution < 1.29 is 14.4 Å². The van der Waals surface area contributed by atoms with Crippen LogP contribution >= 0.6 is 0 Å². The van der Waals surface area contributed by atoms with E-state index in [1.807, 2.05) is 6.92 Å². The number of carbonyl (C=O) groups is 3. The highest BCUT2D eigenvalue weighted by molar-refractivity contribution is 6.00. The summed E-state index contributed by atoms with van der Waals surface area (Å²) < 4.78 is 0. The zero-order chi connectivity index (χ0) is 16.8. The van der Waals surface area contributed by atoms with E-state index in [2.05, 4.69) is 13.8 Å². The van der Waals surface area contributed by atoms with E-state index in [1.54, 1.807) is 6.08 Å². The predicted molar refractivity (Wildman–Crippen MR) is 88.8 cm³/mol. The lowest BCUT2D eigenvalue weighted by Crippen LogP contribution is -2.45. The maximum atomic E-state index is 12.9. The molecule has 3 aliphatic rings. The fraction of sp³-hybridized carbons (Fsp3) is 0.650. The van der Waals surface area contributed by atoms with Crippen molar-refractivity contribution in [3.8, 4) is 0 Å². The summed E-state index contributed by atoms with van der Waals surface area (Å²) in [6, 6.07) is 0. The summed E-state index contributed by atoms with van der Waals surface area (Å²) >= 11 is 0. The van der Waals surface area contributed by atoms with Crippen molar-refractivity contribution in [2.24, 2.45) is 22.7 Å². The van der Waals surface area contributed by atoms with E-state index in [9.17, 15) is 14.4 Å². The lowest BCUT2D eigenvalue weighted by molar-refractivity contribution is -0.130. The van der Waals surface area contributed by atoms with Crippen LogP contribution in [0, 0.1) is 22.7 Å². The monoisotopic (exact) mass is 314 g/mol. The Kier molecular flexibility index (Phi) is 3.94. The van der Waals surface area contributed by atoms with Crippen molar-refractivity contribution in [1.29, 1.82) is 0 Å². The van der Waals surface area contributed by atoms with Crippen LogP contribution in [0.5, 0.6) is 0 Å². The topological polar surface area (TPSA) is 51.2 Å². The van der Waals surface area contributed by atoms with Gasteiger partial charge in [0.15, 0.2) is 5.78 Å². The molecule has 3 atom stereocenters. The SMILES string of the molecule is CC(C)C1=C2[C@H]3CCC(C=O)=CC(=O)[C@]3(C)CC[C@@]2(C=O)CC1. The number of fused-ring (bicyclic) bond motifs is 3. The third-order valence-electron chi connectivity index (χ3n) is 6.61. The minimum absolute atomic E-state index is 0.0732. The number of carbonyl (C=O) groups excluding carboxylic acids is 3. The molecule has 0 radical (unpaired) electrons. The molecular formula is C20H26O3. The third kappa shape index (κ3) is 2.28. The third-order valence-corrected chi connectivity index (χ3v) is 6.61. The first-order chi connectivity index (χ1) is 10.9. The standard InChI is InChI=1S/C20H26O3/c1-13(2)15-6-7-20(12-22)9-8-19(3)16(18(15)20)5-4-14(11-21)10-17(19)23/h10-13,16H,4-9H2,1-3H3/t16-,19-,20-/m1/s1. The first kappa shape index (κ1) is 16.4. The quantitative estimate of drug-likeness (QED) is 0.588. The number of hydrogen-bond acceptors (Lipinski definition) is 3. The minimum atomic E-state index is -0.461. The summed E-state index contributed by atoms with van der Waals surface area (Å²) in [4.78, 5) is 36.1. The molecule has 0 aromatic rings. The molecular weight excluding hydrogens is 288 g/mol. The average Bonchev–Trinajstić information content (AvgIpc) is 2.87. The summed E-state index contributed by atoms with van der Waals surface area (Å²) in [5.74, 6) is 0.581. The second kappa shape index (κ2) is 5.54. The van der Waals surface area contributed by atoms with Crippen LogP contribution in [0.15, 0.2) is 22.8 Å². The molecule has 23 heavy (non-hydrogen) atoms. The second-order valence-corrected chi connectivity index (χ2v) is 8.08. The smallest absolute Gasteiger partial charge is 0.162 e. The number of ketones is 1. The van der Waals surface area contributed by atoms with Crippen LogP contribution in [0.3, 0.4) is 0 Å². The molecule has 0 bridgehead atoms. The molecule has 3 heteroatoms. The van der Waals surface area contributed by atoms with Crippen molar-refractivity contribution in [2.75, 3.05) is 0 Å². The molecule has 0 N–H and O–H groups in total. The van der Waals surface area contributed by atoms with E-state index in [1.165, 1.54) is 11.1 Å². The Bertz CT molecular complexity index is 625. The summed E-state index contributed by atoms with van der Waals surface area (Å²) in [6.07, 6.45) is 8.35. The Hall–Kier alpha value is -1.51. The molecule has 1 saturated carbocycles. The Morgan fingerprint density at radius 1 is 1.17 bits per heavy atom.